The third-order valence-corrected chi connectivity index (χ3v) is 4.45. The fourth-order valence-corrected chi connectivity index (χ4v) is 3.09. The van der Waals surface area contributed by atoms with Gasteiger partial charge in [-0.15, -0.1) is 11.3 Å². The number of aromatic nitrogens is 3. The monoisotopic (exact) mass is 327 g/mol. The highest BCUT2D eigenvalue weighted by molar-refractivity contribution is 9.10. The predicted molar refractivity (Wildman–Crippen MR) is 77.7 cm³/mol. The molecule has 0 fully saturated rings. The van der Waals surface area contributed by atoms with E-state index in [0.29, 0.717) is 5.95 Å². The first kappa shape index (κ1) is 13.2. The van der Waals surface area contributed by atoms with Crippen molar-refractivity contribution < 1.29 is 0 Å². The van der Waals surface area contributed by atoms with Crippen LogP contribution < -0.4 is 11.1 Å². The van der Waals surface area contributed by atoms with Crippen LogP contribution in [0.3, 0.4) is 0 Å². The first-order chi connectivity index (χ1) is 8.65. The molecule has 0 amide bonds. The van der Waals surface area contributed by atoms with E-state index in [1.165, 1.54) is 15.7 Å². The summed E-state index contributed by atoms with van der Waals surface area (Å²) < 4.78 is 1.18. The van der Waals surface area contributed by atoms with E-state index in [0.717, 1.165) is 12.8 Å². The van der Waals surface area contributed by atoms with Crippen molar-refractivity contribution in [2.24, 2.45) is 0 Å². The maximum Gasteiger partial charge on any atom is 0.227 e. The highest BCUT2D eigenvalue weighted by Gasteiger charge is 2.07. The van der Waals surface area contributed by atoms with Crippen LogP contribution in [-0.4, -0.2) is 21.0 Å². The van der Waals surface area contributed by atoms with Gasteiger partial charge in [0.25, 0.3) is 0 Å². The molecular formula is C11H14BrN5S. The van der Waals surface area contributed by atoms with E-state index in [4.69, 9.17) is 5.73 Å². The lowest BCUT2D eigenvalue weighted by atomic mass is 10.1. The zero-order valence-corrected chi connectivity index (χ0v) is 12.3. The van der Waals surface area contributed by atoms with Gasteiger partial charge in [-0.1, -0.05) is 0 Å². The van der Waals surface area contributed by atoms with Crippen LogP contribution in [-0.2, 0) is 6.42 Å². The maximum atomic E-state index is 5.50. The highest BCUT2D eigenvalue weighted by Crippen LogP contribution is 2.24. The van der Waals surface area contributed by atoms with Gasteiger partial charge in [0.2, 0.25) is 11.9 Å². The molecule has 2 aromatic heterocycles. The lowest BCUT2D eigenvalue weighted by Gasteiger charge is -2.13. The molecule has 3 N–H and O–H groups in total. The first-order valence-corrected chi connectivity index (χ1v) is 7.25. The molecule has 0 saturated heterocycles. The summed E-state index contributed by atoms with van der Waals surface area (Å²) in [6.07, 6.45) is 3.44. The van der Waals surface area contributed by atoms with Crippen molar-refractivity contribution >= 4 is 39.2 Å². The summed E-state index contributed by atoms with van der Waals surface area (Å²) >= 11 is 5.30. The van der Waals surface area contributed by atoms with Gasteiger partial charge in [-0.2, -0.15) is 4.98 Å². The Morgan fingerprint density at radius 1 is 1.50 bits per heavy atom. The van der Waals surface area contributed by atoms with Crippen LogP contribution in [0, 0.1) is 0 Å². The van der Waals surface area contributed by atoms with Crippen LogP contribution in [0.4, 0.5) is 11.9 Å². The third-order valence-electron chi connectivity index (χ3n) is 2.46. The van der Waals surface area contributed by atoms with E-state index in [2.05, 4.69) is 54.6 Å². The topological polar surface area (TPSA) is 76.7 Å². The fraction of sp³-hybridized carbons (Fsp3) is 0.364. The summed E-state index contributed by atoms with van der Waals surface area (Å²) in [7, 11) is 0. The molecule has 0 saturated carbocycles. The Hall–Kier alpha value is -1.21. The minimum atomic E-state index is 0.237. The van der Waals surface area contributed by atoms with Crippen molar-refractivity contribution in [2.75, 3.05) is 11.1 Å². The second-order valence-electron chi connectivity index (χ2n) is 3.94. The molecule has 5 nitrogen and oxygen atoms in total. The van der Waals surface area contributed by atoms with Crippen molar-refractivity contribution in [3.05, 3.63) is 27.1 Å². The maximum absolute atomic E-state index is 5.50. The molecule has 0 aliphatic carbocycles. The summed E-state index contributed by atoms with van der Waals surface area (Å²) in [4.78, 5) is 13.2. The van der Waals surface area contributed by atoms with Crippen LogP contribution in [0.5, 0.6) is 0 Å². The second kappa shape index (κ2) is 6.10. The van der Waals surface area contributed by atoms with Gasteiger partial charge in [-0.25, -0.2) is 9.97 Å². The number of nitrogens with one attached hydrogen (secondary N) is 1. The van der Waals surface area contributed by atoms with Crippen LogP contribution in [0.15, 0.2) is 22.2 Å². The zero-order valence-electron chi connectivity index (χ0n) is 9.93. The SMILES string of the molecule is CC(CCc1sccc1Br)Nc1ncnc(N)n1. The number of nitrogens with two attached hydrogens (primary N) is 1. The lowest BCUT2D eigenvalue weighted by Crippen LogP contribution is -2.18. The minimum Gasteiger partial charge on any atom is -0.368 e. The number of hydrogen-bond donors (Lipinski definition) is 2. The number of nitrogen functional groups attached to an aromatic ring is 1. The molecule has 0 bridgehead atoms. The fourth-order valence-electron chi connectivity index (χ4n) is 1.52. The number of anilines is 2. The Kier molecular flexibility index (Phi) is 4.48. The molecule has 7 heteroatoms. The summed E-state index contributed by atoms with van der Waals surface area (Å²) in [5.41, 5.74) is 5.50. The van der Waals surface area contributed by atoms with E-state index in [1.807, 2.05) is 0 Å². The molecule has 0 aliphatic heterocycles. The van der Waals surface area contributed by atoms with Gasteiger partial charge in [0.15, 0.2) is 0 Å². The van der Waals surface area contributed by atoms with Gasteiger partial charge in [-0.3, -0.25) is 0 Å². The van der Waals surface area contributed by atoms with Crippen molar-refractivity contribution in [2.45, 2.75) is 25.8 Å². The molecule has 1 unspecified atom stereocenters. The molecule has 18 heavy (non-hydrogen) atoms. The summed E-state index contributed by atoms with van der Waals surface area (Å²) in [6.45, 7) is 2.10. The molecule has 0 aliphatic rings. The van der Waals surface area contributed by atoms with Crippen molar-refractivity contribution in [3.63, 3.8) is 0 Å². The average molecular weight is 328 g/mol. The second-order valence-corrected chi connectivity index (χ2v) is 5.80. The van der Waals surface area contributed by atoms with E-state index >= 15 is 0 Å². The van der Waals surface area contributed by atoms with Crippen LogP contribution in [0.25, 0.3) is 0 Å². The molecule has 2 aromatic rings. The molecule has 0 spiro atoms. The molecule has 0 radical (unpaired) electrons. The van der Waals surface area contributed by atoms with Crippen molar-refractivity contribution in [3.8, 4) is 0 Å². The Morgan fingerprint density at radius 3 is 3.00 bits per heavy atom. The van der Waals surface area contributed by atoms with Crippen LogP contribution in [0.1, 0.15) is 18.2 Å². The normalized spacial score (nSPS) is 12.3. The first-order valence-electron chi connectivity index (χ1n) is 5.58. The van der Waals surface area contributed by atoms with E-state index < -0.39 is 0 Å². The molecule has 2 heterocycles. The summed E-state index contributed by atoms with van der Waals surface area (Å²) in [6, 6.07) is 2.35. The van der Waals surface area contributed by atoms with Gasteiger partial charge in [0, 0.05) is 15.4 Å². The molecule has 1 atom stereocenters. The Morgan fingerprint density at radius 2 is 2.33 bits per heavy atom. The Bertz CT molecular complexity index is 516. The largest absolute Gasteiger partial charge is 0.368 e. The number of halogens is 1. The highest BCUT2D eigenvalue weighted by atomic mass is 79.9. The average Bonchev–Trinajstić information content (AvgIpc) is 2.72. The number of nitrogens with zero attached hydrogens (tertiary/aromatic N) is 3. The van der Waals surface area contributed by atoms with Gasteiger partial charge in [0.05, 0.1) is 0 Å². The quantitative estimate of drug-likeness (QED) is 0.882. The minimum absolute atomic E-state index is 0.237. The number of rotatable bonds is 5. The lowest BCUT2D eigenvalue weighted by molar-refractivity contribution is 0.702. The number of aryl methyl sites for hydroxylation is 1. The van der Waals surface area contributed by atoms with Gasteiger partial charge in [0.1, 0.15) is 6.33 Å². The van der Waals surface area contributed by atoms with Crippen molar-refractivity contribution in [1.82, 2.24) is 15.0 Å². The molecule has 96 valence electrons. The van der Waals surface area contributed by atoms with Crippen LogP contribution in [0.2, 0.25) is 0 Å². The van der Waals surface area contributed by atoms with Gasteiger partial charge < -0.3 is 11.1 Å². The van der Waals surface area contributed by atoms with E-state index in [1.54, 1.807) is 11.3 Å². The summed E-state index contributed by atoms with van der Waals surface area (Å²) in [5, 5.41) is 5.30. The Balaban J connectivity index is 1.86. The van der Waals surface area contributed by atoms with Crippen LogP contribution >= 0.6 is 27.3 Å². The van der Waals surface area contributed by atoms with Gasteiger partial charge >= 0.3 is 0 Å². The van der Waals surface area contributed by atoms with Crippen molar-refractivity contribution in [1.29, 1.82) is 0 Å². The zero-order chi connectivity index (χ0) is 13.0. The predicted octanol–water partition coefficient (Wildman–Crippen LogP) is 2.71. The molecular weight excluding hydrogens is 314 g/mol. The molecule has 2 rings (SSSR count). The smallest absolute Gasteiger partial charge is 0.227 e. The number of hydrogen-bond acceptors (Lipinski definition) is 6. The Labute approximate surface area is 118 Å². The van der Waals surface area contributed by atoms with E-state index in [-0.39, 0.29) is 12.0 Å². The van der Waals surface area contributed by atoms with Gasteiger partial charge in [-0.05, 0) is 47.1 Å². The summed E-state index contributed by atoms with van der Waals surface area (Å²) in [5.74, 6) is 0.765. The molecule has 0 aromatic carbocycles. The third kappa shape index (κ3) is 3.64. The van der Waals surface area contributed by atoms with E-state index in [9.17, 15) is 0 Å². The number of thiophene rings is 1. The standard InChI is InChI=1S/C11H14BrN5S/c1-7(2-3-9-8(12)4-5-18-9)16-11-15-6-14-10(13)17-11/h4-7H,2-3H2,1H3,(H3,13,14,15,16,17).